The van der Waals surface area contributed by atoms with E-state index in [2.05, 4.69) is 59.6 Å². The molecule has 1 fully saturated rings. The van der Waals surface area contributed by atoms with E-state index < -0.39 is 7.67 Å². The van der Waals surface area contributed by atoms with Crippen molar-refractivity contribution >= 4 is 18.4 Å². The molecule has 0 bridgehead atoms. The Bertz CT molecular complexity index is 1220. The minimum absolute atomic E-state index is 0.0417. The maximum absolute atomic E-state index is 14.9. The summed E-state index contributed by atoms with van der Waals surface area (Å²) in [6, 6.07) is 34.5. The third-order valence-electron chi connectivity index (χ3n) is 6.63. The first-order valence-electron chi connectivity index (χ1n) is 11.5. The van der Waals surface area contributed by atoms with Crippen molar-refractivity contribution in [2.45, 2.75) is 25.9 Å². The van der Waals surface area contributed by atoms with Crippen molar-refractivity contribution < 1.29 is 9.09 Å². The first kappa shape index (κ1) is 21.9. The second kappa shape index (κ2) is 9.15. The van der Waals surface area contributed by atoms with E-state index in [1.165, 1.54) is 0 Å². The number of hydrogen-bond donors (Lipinski definition) is 0. The Hall–Kier alpha value is -2.91. The van der Waals surface area contributed by atoms with E-state index in [9.17, 15) is 4.57 Å². The molecule has 4 aromatic carbocycles. The van der Waals surface area contributed by atoms with E-state index in [0.29, 0.717) is 18.8 Å². The van der Waals surface area contributed by atoms with Crippen LogP contribution in [0.3, 0.4) is 0 Å². The van der Waals surface area contributed by atoms with E-state index in [-0.39, 0.29) is 12.1 Å². The van der Waals surface area contributed by atoms with Crippen LogP contribution in [-0.4, -0.2) is 22.4 Å². The summed E-state index contributed by atoms with van der Waals surface area (Å²) in [6.45, 7) is 5.58. The first-order chi connectivity index (χ1) is 16.1. The molecule has 0 unspecified atom stereocenters. The predicted octanol–water partition coefficient (Wildman–Crippen LogP) is 7.47. The van der Waals surface area contributed by atoms with Crippen molar-refractivity contribution in [1.82, 2.24) is 9.34 Å². The Kier molecular flexibility index (Phi) is 6.07. The predicted molar refractivity (Wildman–Crippen MR) is 135 cm³/mol. The average molecular weight is 457 g/mol. The molecule has 0 radical (unpaired) electrons. The highest BCUT2D eigenvalue weighted by Gasteiger charge is 2.50. The Morgan fingerprint density at radius 2 is 1.15 bits per heavy atom. The SMILES string of the molecule is C[C@@H](c1ccccc1)N1CCN([C@@H](C)c2ccccc2)P1(=O)Oc1cccc2ccccc12. The fourth-order valence-electron chi connectivity index (χ4n) is 4.75. The second-order valence-corrected chi connectivity index (χ2v) is 10.7. The molecule has 0 aromatic heterocycles. The van der Waals surface area contributed by atoms with Gasteiger partial charge in [-0.1, -0.05) is 97.1 Å². The molecule has 0 N–H and O–H groups in total. The highest BCUT2D eigenvalue weighted by Crippen LogP contribution is 2.63. The van der Waals surface area contributed by atoms with Gasteiger partial charge in [0.2, 0.25) is 0 Å². The lowest BCUT2D eigenvalue weighted by molar-refractivity contribution is 0.302. The fraction of sp³-hybridized carbons (Fsp3) is 0.214. The molecule has 2 atom stereocenters. The quantitative estimate of drug-likeness (QED) is 0.282. The summed E-state index contributed by atoms with van der Waals surface area (Å²) < 4.78 is 25.7. The zero-order valence-corrected chi connectivity index (χ0v) is 19.9. The monoisotopic (exact) mass is 456 g/mol. The summed E-state index contributed by atoms with van der Waals surface area (Å²) in [4.78, 5) is 0. The average Bonchev–Trinajstić information content (AvgIpc) is 3.20. The van der Waals surface area contributed by atoms with Gasteiger partial charge >= 0.3 is 7.67 Å². The minimum atomic E-state index is -3.39. The van der Waals surface area contributed by atoms with Gasteiger partial charge in [0.1, 0.15) is 5.75 Å². The molecule has 0 amide bonds. The first-order valence-corrected chi connectivity index (χ1v) is 13.0. The summed E-state index contributed by atoms with van der Waals surface area (Å²) >= 11 is 0. The van der Waals surface area contributed by atoms with Gasteiger partial charge in [0.05, 0.1) is 0 Å². The molecule has 33 heavy (non-hydrogen) atoms. The smallest absolute Gasteiger partial charge is 0.396 e. The van der Waals surface area contributed by atoms with E-state index in [1.54, 1.807) is 0 Å². The molecule has 1 aliphatic rings. The van der Waals surface area contributed by atoms with Crippen molar-refractivity contribution in [2.75, 3.05) is 13.1 Å². The van der Waals surface area contributed by atoms with Crippen LogP contribution in [-0.2, 0) is 4.57 Å². The summed E-state index contributed by atoms with van der Waals surface area (Å²) in [5.74, 6) is 0.661. The zero-order valence-electron chi connectivity index (χ0n) is 19.0. The normalized spacial score (nSPS) is 18.2. The standard InChI is InChI=1S/C28H29N2O2P/c1-22(24-12-5-3-6-13-24)29-20-21-30(23(2)25-14-7-4-8-15-25)33(29,31)32-28-19-11-17-26-16-9-10-18-27(26)28/h3-19,22-23H,20-21H2,1-2H3/t22-,23-/m0/s1. The third-order valence-corrected chi connectivity index (χ3v) is 9.46. The van der Waals surface area contributed by atoms with Gasteiger partial charge in [-0.2, -0.15) is 0 Å². The van der Waals surface area contributed by atoms with E-state index in [0.717, 1.165) is 21.9 Å². The van der Waals surface area contributed by atoms with Gasteiger partial charge in [-0.25, -0.2) is 13.9 Å². The zero-order chi connectivity index (χ0) is 22.8. The van der Waals surface area contributed by atoms with Gasteiger partial charge in [0.25, 0.3) is 0 Å². The lowest BCUT2D eigenvalue weighted by atomic mass is 10.1. The van der Waals surface area contributed by atoms with Crippen LogP contribution in [0.1, 0.15) is 37.1 Å². The number of nitrogens with zero attached hydrogens (tertiary/aromatic N) is 2. The lowest BCUT2D eigenvalue weighted by Gasteiger charge is -2.36. The summed E-state index contributed by atoms with van der Waals surface area (Å²) in [5, 5.41) is 2.05. The minimum Gasteiger partial charge on any atom is -0.421 e. The van der Waals surface area contributed by atoms with Crippen LogP contribution in [0.15, 0.2) is 103 Å². The number of rotatable bonds is 6. The largest absolute Gasteiger partial charge is 0.421 e. The molecular formula is C28H29N2O2P. The number of hydrogen-bond acceptors (Lipinski definition) is 2. The van der Waals surface area contributed by atoms with E-state index in [1.807, 2.05) is 66.7 Å². The molecule has 5 rings (SSSR count). The van der Waals surface area contributed by atoms with Gasteiger partial charge in [0, 0.05) is 30.6 Å². The maximum atomic E-state index is 14.9. The highest BCUT2D eigenvalue weighted by molar-refractivity contribution is 7.54. The molecule has 0 aliphatic carbocycles. The molecule has 0 saturated carbocycles. The van der Waals surface area contributed by atoms with Crippen LogP contribution in [0.25, 0.3) is 10.8 Å². The van der Waals surface area contributed by atoms with Crippen LogP contribution in [0.2, 0.25) is 0 Å². The number of benzene rings is 4. The fourth-order valence-corrected chi connectivity index (χ4v) is 7.49. The Morgan fingerprint density at radius 3 is 1.73 bits per heavy atom. The molecule has 1 aliphatic heterocycles. The van der Waals surface area contributed by atoms with Gasteiger partial charge in [-0.3, -0.25) is 0 Å². The molecule has 1 saturated heterocycles. The molecule has 168 valence electrons. The van der Waals surface area contributed by atoms with Gasteiger partial charge < -0.3 is 4.52 Å². The maximum Gasteiger partial charge on any atom is 0.396 e. The van der Waals surface area contributed by atoms with Crippen molar-refractivity contribution in [3.8, 4) is 5.75 Å². The van der Waals surface area contributed by atoms with Gasteiger partial charge in [-0.05, 0) is 36.4 Å². The molecule has 5 heteroatoms. The van der Waals surface area contributed by atoms with Crippen LogP contribution in [0.4, 0.5) is 0 Å². The van der Waals surface area contributed by atoms with Crippen LogP contribution in [0, 0.1) is 0 Å². The van der Waals surface area contributed by atoms with Crippen LogP contribution in [0.5, 0.6) is 5.75 Å². The summed E-state index contributed by atoms with van der Waals surface area (Å²) in [5.41, 5.74) is 2.27. The molecule has 4 nitrogen and oxygen atoms in total. The lowest BCUT2D eigenvalue weighted by Crippen LogP contribution is -2.27. The summed E-state index contributed by atoms with van der Waals surface area (Å²) in [7, 11) is -3.39. The Morgan fingerprint density at radius 1 is 0.667 bits per heavy atom. The van der Waals surface area contributed by atoms with Crippen LogP contribution >= 0.6 is 7.67 Å². The van der Waals surface area contributed by atoms with E-state index >= 15 is 0 Å². The summed E-state index contributed by atoms with van der Waals surface area (Å²) in [6.07, 6.45) is 0. The van der Waals surface area contributed by atoms with E-state index in [4.69, 9.17) is 4.52 Å². The van der Waals surface area contributed by atoms with Crippen molar-refractivity contribution in [2.24, 2.45) is 0 Å². The van der Waals surface area contributed by atoms with Crippen molar-refractivity contribution in [1.29, 1.82) is 0 Å². The highest BCUT2D eigenvalue weighted by atomic mass is 31.2. The van der Waals surface area contributed by atoms with Crippen molar-refractivity contribution in [3.63, 3.8) is 0 Å². The molecule has 4 aromatic rings. The Balaban J connectivity index is 1.58. The van der Waals surface area contributed by atoms with Crippen LogP contribution < -0.4 is 4.52 Å². The Labute approximate surface area is 196 Å². The molecular weight excluding hydrogens is 427 g/mol. The van der Waals surface area contributed by atoms with Gasteiger partial charge in [-0.15, -0.1) is 0 Å². The molecule has 0 spiro atoms. The van der Waals surface area contributed by atoms with Crippen molar-refractivity contribution in [3.05, 3.63) is 114 Å². The number of fused-ring (bicyclic) bond motifs is 1. The third kappa shape index (κ3) is 4.11. The topological polar surface area (TPSA) is 32.8 Å². The second-order valence-electron chi connectivity index (χ2n) is 8.56. The van der Waals surface area contributed by atoms with Gasteiger partial charge in [0.15, 0.2) is 0 Å². The molecule has 1 heterocycles.